The number of aromatic nitrogens is 2. The van der Waals surface area contributed by atoms with Gasteiger partial charge in [-0.2, -0.15) is 12.9 Å². The molecular weight excluding hydrogens is 759 g/mol. The first-order chi connectivity index (χ1) is 25.0. The van der Waals surface area contributed by atoms with Crippen LogP contribution in [-0.4, -0.2) is 73.9 Å². The molecule has 18 nitrogen and oxygen atoms in total. The summed E-state index contributed by atoms with van der Waals surface area (Å²) in [7, 11) is -15.8. The summed E-state index contributed by atoms with van der Waals surface area (Å²) in [6, 6.07) is 24.2. The molecule has 0 aliphatic carbocycles. The van der Waals surface area contributed by atoms with Gasteiger partial charge >= 0.3 is 25.2 Å². The average Bonchev–Trinajstić information content (AvgIpc) is 3.42. The SMILES string of the molecule is O=C(Nc1ccn([C@@H]2O[C@H](COP(=O)(O)CP(=O)(O)C[P+]([O-])([O-])[O-])[C@@H](OC(=O)c3ccccc3)[C@H]2OC(=O)c2ccccc2)c(=O)n1)c1ccccc1. The Morgan fingerprint density at radius 1 is 0.811 bits per heavy atom. The maximum atomic E-state index is 13.4. The van der Waals surface area contributed by atoms with E-state index < -0.39 is 89.4 Å². The zero-order valence-corrected chi connectivity index (χ0v) is 29.9. The summed E-state index contributed by atoms with van der Waals surface area (Å²) < 4.78 is 48.4. The number of carbonyl (C=O) groups excluding carboxylic acids is 3. The number of ether oxygens (including phenoxy) is 3. The molecule has 4 aromatic rings. The highest BCUT2D eigenvalue weighted by molar-refractivity contribution is 7.80. The van der Waals surface area contributed by atoms with Crippen molar-refractivity contribution in [2.45, 2.75) is 24.5 Å². The summed E-state index contributed by atoms with van der Waals surface area (Å²) in [5, 5.41) is 2.48. The van der Waals surface area contributed by atoms with Crippen LogP contribution in [0.25, 0.3) is 0 Å². The van der Waals surface area contributed by atoms with Gasteiger partial charge in [0, 0.05) is 11.8 Å². The number of nitrogens with zero attached hydrogens (tertiary/aromatic N) is 2. The van der Waals surface area contributed by atoms with Crippen molar-refractivity contribution in [2.24, 2.45) is 0 Å². The van der Waals surface area contributed by atoms with Crippen molar-refractivity contribution in [3.8, 4) is 0 Å². The average molecular weight is 790 g/mol. The number of esters is 2. The monoisotopic (exact) mass is 789 g/mol. The molecule has 3 aromatic carbocycles. The van der Waals surface area contributed by atoms with Crippen LogP contribution in [0.3, 0.4) is 0 Å². The van der Waals surface area contributed by atoms with Gasteiger partial charge in [-0.05, 0) is 42.5 Å². The van der Waals surface area contributed by atoms with Gasteiger partial charge in [0.25, 0.3) is 5.91 Å². The van der Waals surface area contributed by atoms with Crippen LogP contribution in [0, 0.1) is 0 Å². The molecule has 2 heterocycles. The molecule has 1 aliphatic rings. The second kappa shape index (κ2) is 16.7. The lowest BCUT2D eigenvalue weighted by Gasteiger charge is -2.42. The minimum Gasteiger partial charge on any atom is -0.687 e. The van der Waals surface area contributed by atoms with E-state index >= 15 is 0 Å². The second-order valence-electron chi connectivity index (χ2n) is 11.5. The summed E-state index contributed by atoms with van der Waals surface area (Å²) in [5.41, 5.74) is -0.721. The molecule has 280 valence electrons. The molecule has 1 saturated heterocycles. The van der Waals surface area contributed by atoms with Crippen molar-refractivity contribution in [1.29, 1.82) is 0 Å². The lowest BCUT2D eigenvalue weighted by atomic mass is 10.1. The standard InChI is InChI=1S/C32H32N3O15P3/c36-28(21-10-4-1-5-11-21)33-25-16-17-35(32(39)34-25)29-27(50-31(38)23-14-8-3-9-15-23)26(49-30(37)22-12-6-2-7-13-22)24(48-29)18-47-53(45,46)20-51(40,41)19-52(42,43)44/h1-17,24,26-27,29H,18-20H2,(H,40,41)(H,45,46)(H2,42,43,44)(H,33,34,36,39)/p-2/t24-,26-,27-,29-/m1/s1. The zero-order valence-electron chi connectivity index (χ0n) is 27.2. The smallest absolute Gasteiger partial charge is 0.351 e. The van der Waals surface area contributed by atoms with Gasteiger partial charge in [0.1, 0.15) is 23.7 Å². The van der Waals surface area contributed by atoms with Crippen LogP contribution in [0.2, 0.25) is 0 Å². The third-order valence-corrected chi connectivity index (χ3v) is 14.3. The quantitative estimate of drug-likeness (QED) is 0.119. The molecule has 0 radical (unpaired) electrons. The third-order valence-electron chi connectivity index (χ3n) is 7.41. The Kier molecular flexibility index (Phi) is 12.5. The minimum absolute atomic E-state index is 0.0230. The summed E-state index contributed by atoms with van der Waals surface area (Å²) >= 11 is 0. The van der Waals surface area contributed by atoms with Crippen LogP contribution in [-0.2, 0) is 27.9 Å². The number of amides is 1. The number of nitrogens with one attached hydrogen (secondary N) is 1. The molecule has 6 atom stereocenters. The van der Waals surface area contributed by atoms with E-state index in [1.165, 1.54) is 66.7 Å². The van der Waals surface area contributed by atoms with E-state index in [9.17, 15) is 52.8 Å². The van der Waals surface area contributed by atoms with Crippen LogP contribution in [0.1, 0.15) is 37.3 Å². The molecule has 0 saturated carbocycles. The summed E-state index contributed by atoms with van der Waals surface area (Å²) in [6.45, 7) is -1.02. The van der Waals surface area contributed by atoms with Gasteiger partial charge in [0.2, 0.25) is 7.37 Å². The van der Waals surface area contributed by atoms with Gasteiger partial charge in [0.05, 0.1) is 17.7 Å². The van der Waals surface area contributed by atoms with E-state index in [0.29, 0.717) is 0 Å². The van der Waals surface area contributed by atoms with E-state index in [0.717, 1.165) is 10.8 Å². The van der Waals surface area contributed by atoms with Crippen molar-refractivity contribution in [3.63, 3.8) is 0 Å². The maximum absolute atomic E-state index is 13.4. The lowest BCUT2D eigenvalue weighted by molar-refractivity contribution is -0.426. The van der Waals surface area contributed by atoms with E-state index in [1.54, 1.807) is 30.3 Å². The molecule has 3 N–H and O–H groups in total. The van der Waals surface area contributed by atoms with Crippen LogP contribution in [0.5, 0.6) is 0 Å². The highest BCUT2D eigenvalue weighted by atomic mass is 31.3. The van der Waals surface area contributed by atoms with Gasteiger partial charge in [-0.25, -0.2) is 14.4 Å². The van der Waals surface area contributed by atoms with Crippen molar-refractivity contribution in [1.82, 2.24) is 9.55 Å². The molecule has 2 unspecified atom stereocenters. The highest BCUT2D eigenvalue weighted by Crippen LogP contribution is 2.62. The van der Waals surface area contributed by atoms with Gasteiger partial charge in [0.15, 0.2) is 18.4 Å². The fourth-order valence-corrected chi connectivity index (χ4v) is 11.4. The summed E-state index contributed by atoms with van der Waals surface area (Å²) in [4.78, 5) is 110. The van der Waals surface area contributed by atoms with Crippen LogP contribution in [0.15, 0.2) is 108 Å². The first-order valence-corrected chi connectivity index (χ1v) is 20.9. The van der Waals surface area contributed by atoms with E-state index in [4.69, 9.17) is 18.7 Å². The normalized spacial score (nSPS) is 20.8. The Labute approximate surface area is 301 Å². The Morgan fingerprint density at radius 3 is 1.83 bits per heavy atom. The second-order valence-corrected chi connectivity index (χ2v) is 18.2. The fraction of sp³-hybridized carbons (Fsp3) is 0.219. The molecule has 1 aromatic heterocycles. The van der Waals surface area contributed by atoms with Gasteiger partial charge in [-0.3, -0.25) is 18.5 Å². The zero-order chi connectivity index (χ0) is 38.4. The van der Waals surface area contributed by atoms with E-state index in [2.05, 4.69) is 10.3 Å². The Bertz CT molecular complexity index is 2080. The van der Waals surface area contributed by atoms with Gasteiger partial charge < -0.3 is 48.5 Å². The fourth-order valence-electron chi connectivity index (χ4n) is 5.15. The molecule has 1 aliphatic heterocycles. The van der Waals surface area contributed by atoms with E-state index in [-0.39, 0.29) is 22.5 Å². The van der Waals surface area contributed by atoms with Crippen LogP contribution in [0.4, 0.5) is 5.82 Å². The number of carbonyl (C=O) groups is 3. The number of rotatable bonds is 14. The molecule has 1 amide bonds. The predicted molar refractivity (Wildman–Crippen MR) is 180 cm³/mol. The first kappa shape index (κ1) is 39.8. The number of anilines is 1. The van der Waals surface area contributed by atoms with E-state index in [1.807, 2.05) is 0 Å². The van der Waals surface area contributed by atoms with Gasteiger partial charge in [-0.15, -0.1) is 0 Å². The minimum atomic E-state index is -5.58. The Balaban J connectivity index is 1.48. The number of benzene rings is 3. The third kappa shape index (κ3) is 11.0. The van der Waals surface area contributed by atoms with Crippen molar-refractivity contribution in [3.05, 3.63) is 130 Å². The van der Waals surface area contributed by atoms with Crippen molar-refractivity contribution < 1.29 is 66.7 Å². The summed E-state index contributed by atoms with van der Waals surface area (Å²) in [5.74, 6) is -6.15. The largest absolute Gasteiger partial charge is 0.687 e. The van der Waals surface area contributed by atoms with Gasteiger partial charge in [-0.1, -0.05) is 54.6 Å². The molecule has 1 fully saturated rings. The van der Waals surface area contributed by atoms with Crippen molar-refractivity contribution >= 4 is 46.6 Å². The Morgan fingerprint density at radius 2 is 1.32 bits per heavy atom. The first-order valence-electron chi connectivity index (χ1n) is 15.4. The summed E-state index contributed by atoms with van der Waals surface area (Å²) in [6.07, 6.45) is -5.57. The molecule has 0 bridgehead atoms. The molecular formula is C32H30N3O15P3-2. The number of hydrogen-bond donors (Lipinski definition) is 3. The molecule has 5 rings (SSSR count). The lowest BCUT2D eigenvalue weighted by Crippen LogP contribution is -2.42. The van der Waals surface area contributed by atoms with Crippen molar-refractivity contribution in [2.75, 3.05) is 23.7 Å². The predicted octanol–water partition coefficient (Wildman–Crippen LogP) is 1.08. The topological polar surface area (TPSA) is 279 Å². The van der Waals surface area contributed by atoms with Crippen LogP contribution >= 0.6 is 22.9 Å². The number of hydrogen-bond acceptors (Lipinski definition) is 14. The van der Waals surface area contributed by atoms with Crippen LogP contribution < -0.4 is 25.7 Å². The maximum Gasteiger partial charge on any atom is 0.351 e. The Hall–Kier alpha value is -4.44. The molecule has 0 spiro atoms. The molecule has 53 heavy (non-hydrogen) atoms. The highest BCUT2D eigenvalue weighted by Gasteiger charge is 2.52. The molecule has 21 heteroatoms.